The van der Waals surface area contributed by atoms with Gasteiger partial charge in [0.15, 0.2) is 0 Å². The van der Waals surface area contributed by atoms with Crippen molar-refractivity contribution in [2.45, 2.75) is 45.6 Å². The Bertz CT molecular complexity index is 652. The zero-order valence-electron chi connectivity index (χ0n) is 13.4. The summed E-state index contributed by atoms with van der Waals surface area (Å²) in [5.74, 6) is 2.57. The number of hydrogen-bond acceptors (Lipinski definition) is 2. The highest BCUT2D eigenvalue weighted by atomic mass is 16.5. The summed E-state index contributed by atoms with van der Waals surface area (Å²) in [5.41, 5.74) is 0.710. The summed E-state index contributed by atoms with van der Waals surface area (Å²) in [4.78, 5) is 10.9. The molecule has 1 fully saturated rings. The molecule has 0 heterocycles. The molecule has 0 spiro atoms. The lowest BCUT2D eigenvalue weighted by atomic mass is 9.80. The Balaban J connectivity index is 1.76. The third-order valence-electron chi connectivity index (χ3n) is 4.96. The largest absolute Gasteiger partial charge is 0.490 e. The molecule has 0 N–H and O–H groups in total. The van der Waals surface area contributed by atoms with Gasteiger partial charge in [-0.1, -0.05) is 32.0 Å². The van der Waals surface area contributed by atoms with E-state index in [2.05, 4.69) is 13.8 Å². The van der Waals surface area contributed by atoms with Crippen LogP contribution in [-0.2, 0) is 0 Å². The van der Waals surface area contributed by atoms with Crippen molar-refractivity contribution in [1.29, 1.82) is 0 Å². The number of benzene rings is 2. The van der Waals surface area contributed by atoms with Gasteiger partial charge in [-0.3, -0.25) is 4.79 Å². The van der Waals surface area contributed by atoms with Crippen LogP contribution in [0.3, 0.4) is 0 Å². The quantitative estimate of drug-likeness (QED) is 0.721. The molecular formula is C20H24O2. The summed E-state index contributed by atoms with van der Waals surface area (Å²) in [6.45, 7) is 4.64. The standard InChI is InChI=1S/C20H24O2/c1-14(2)16-7-9-18(10-8-16)22-20-5-3-4-17-12-15(13-21)6-11-19(17)20/h3-6,11-14,16,18H,7-10H2,1-2H3. The van der Waals surface area contributed by atoms with Crippen LogP contribution in [0.5, 0.6) is 5.75 Å². The molecule has 0 atom stereocenters. The van der Waals surface area contributed by atoms with Crippen LogP contribution in [0, 0.1) is 11.8 Å². The maximum absolute atomic E-state index is 10.9. The van der Waals surface area contributed by atoms with Crippen LogP contribution < -0.4 is 4.74 Å². The molecule has 2 nitrogen and oxygen atoms in total. The topological polar surface area (TPSA) is 26.3 Å². The second kappa shape index (κ2) is 6.51. The van der Waals surface area contributed by atoms with Gasteiger partial charge >= 0.3 is 0 Å². The van der Waals surface area contributed by atoms with Gasteiger partial charge in [-0.2, -0.15) is 0 Å². The average Bonchev–Trinajstić information content (AvgIpc) is 2.55. The molecule has 0 aliphatic heterocycles. The number of ether oxygens (including phenoxy) is 1. The van der Waals surface area contributed by atoms with Crippen LogP contribution in [0.2, 0.25) is 0 Å². The van der Waals surface area contributed by atoms with E-state index in [1.165, 1.54) is 12.8 Å². The van der Waals surface area contributed by atoms with Gasteiger partial charge in [-0.25, -0.2) is 0 Å². The Labute approximate surface area is 132 Å². The summed E-state index contributed by atoms with van der Waals surface area (Å²) >= 11 is 0. The predicted molar refractivity (Wildman–Crippen MR) is 90.5 cm³/mol. The Morgan fingerprint density at radius 3 is 2.55 bits per heavy atom. The van der Waals surface area contributed by atoms with Crippen LogP contribution in [0.25, 0.3) is 10.8 Å². The van der Waals surface area contributed by atoms with E-state index in [1.54, 1.807) is 0 Å². The SMILES string of the molecule is CC(C)C1CCC(Oc2cccc3cc(C=O)ccc23)CC1. The van der Waals surface area contributed by atoms with Crippen molar-refractivity contribution in [2.75, 3.05) is 0 Å². The summed E-state index contributed by atoms with van der Waals surface area (Å²) < 4.78 is 6.28. The number of rotatable bonds is 4. The summed E-state index contributed by atoms with van der Waals surface area (Å²) in [7, 11) is 0. The van der Waals surface area contributed by atoms with Gasteiger partial charge in [0, 0.05) is 10.9 Å². The van der Waals surface area contributed by atoms with Crippen molar-refractivity contribution >= 4 is 17.1 Å². The highest BCUT2D eigenvalue weighted by molar-refractivity contribution is 5.92. The summed E-state index contributed by atoms with van der Waals surface area (Å²) in [6.07, 6.45) is 6.04. The van der Waals surface area contributed by atoms with E-state index in [0.717, 1.165) is 47.5 Å². The van der Waals surface area contributed by atoms with Crippen molar-refractivity contribution in [3.8, 4) is 5.75 Å². The molecule has 22 heavy (non-hydrogen) atoms. The fourth-order valence-electron chi connectivity index (χ4n) is 3.50. The van der Waals surface area contributed by atoms with Crippen LogP contribution >= 0.6 is 0 Å². The van der Waals surface area contributed by atoms with Crippen molar-refractivity contribution < 1.29 is 9.53 Å². The summed E-state index contributed by atoms with van der Waals surface area (Å²) in [5, 5.41) is 2.16. The minimum Gasteiger partial charge on any atom is -0.490 e. The molecule has 3 rings (SSSR count). The van der Waals surface area contributed by atoms with Crippen LogP contribution in [0.15, 0.2) is 36.4 Å². The molecule has 0 bridgehead atoms. The first-order valence-corrected chi connectivity index (χ1v) is 8.32. The number of hydrogen-bond donors (Lipinski definition) is 0. The molecule has 1 aliphatic carbocycles. The number of aldehydes is 1. The average molecular weight is 296 g/mol. The number of carbonyl (C=O) groups excluding carboxylic acids is 1. The second-order valence-corrected chi connectivity index (χ2v) is 6.75. The molecular weight excluding hydrogens is 272 g/mol. The lowest BCUT2D eigenvalue weighted by Gasteiger charge is -2.31. The Morgan fingerprint density at radius 1 is 1.09 bits per heavy atom. The van der Waals surface area contributed by atoms with Crippen molar-refractivity contribution in [3.63, 3.8) is 0 Å². The zero-order chi connectivity index (χ0) is 15.5. The first kappa shape index (κ1) is 15.1. The lowest BCUT2D eigenvalue weighted by Crippen LogP contribution is -2.26. The second-order valence-electron chi connectivity index (χ2n) is 6.75. The highest BCUT2D eigenvalue weighted by Crippen LogP contribution is 2.34. The van der Waals surface area contributed by atoms with Crippen LogP contribution in [0.1, 0.15) is 49.9 Å². The maximum atomic E-state index is 10.9. The van der Waals surface area contributed by atoms with E-state index in [-0.39, 0.29) is 0 Å². The van der Waals surface area contributed by atoms with E-state index in [0.29, 0.717) is 11.7 Å². The van der Waals surface area contributed by atoms with Gasteiger partial charge in [-0.05, 0) is 61.1 Å². The van der Waals surface area contributed by atoms with Gasteiger partial charge in [-0.15, -0.1) is 0 Å². The lowest BCUT2D eigenvalue weighted by molar-refractivity contribution is 0.112. The van der Waals surface area contributed by atoms with Gasteiger partial charge in [0.05, 0.1) is 6.10 Å². The minimum atomic E-state index is 0.325. The summed E-state index contributed by atoms with van der Waals surface area (Å²) in [6, 6.07) is 11.9. The maximum Gasteiger partial charge on any atom is 0.150 e. The fourth-order valence-corrected chi connectivity index (χ4v) is 3.50. The van der Waals surface area contributed by atoms with Gasteiger partial charge < -0.3 is 4.74 Å². The number of carbonyl (C=O) groups is 1. The van der Waals surface area contributed by atoms with E-state index in [9.17, 15) is 4.79 Å². The predicted octanol–water partition coefficient (Wildman–Crippen LogP) is 5.25. The normalized spacial score (nSPS) is 22.0. The molecule has 0 radical (unpaired) electrons. The molecule has 0 aromatic heterocycles. The molecule has 2 aromatic rings. The van der Waals surface area contributed by atoms with Crippen LogP contribution in [-0.4, -0.2) is 12.4 Å². The molecule has 1 aliphatic rings. The zero-order valence-corrected chi connectivity index (χ0v) is 13.4. The Kier molecular flexibility index (Phi) is 4.47. The Hall–Kier alpha value is -1.83. The van der Waals surface area contributed by atoms with Crippen molar-refractivity contribution in [3.05, 3.63) is 42.0 Å². The van der Waals surface area contributed by atoms with Crippen molar-refractivity contribution in [2.24, 2.45) is 11.8 Å². The smallest absolute Gasteiger partial charge is 0.150 e. The van der Waals surface area contributed by atoms with Crippen LogP contribution in [0.4, 0.5) is 0 Å². The van der Waals surface area contributed by atoms with Gasteiger partial charge in [0.1, 0.15) is 12.0 Å². The third kappa shape index (κ3) is 3.16. The van der Waals surface area contributed by atoms with Gasteiger partial charge in [0.25, 0.3) is 0 Å². The number of fused-ring (bicyclic) bond motifs is 1. The third-order valence-corrected chi connectivity index (χ3v) is 4.96. The molecule has 0 unspecified atom stereocenters. The van der Waals surface area contributed by atoms with E-state index < -0.39 is 0 Å². The Morgan fingerprint density at radius 2 is 1.86 bits per heavy atom. The molecule has 2 aromatic carbocycles. The fraction of sp³-hybridized carbons (Fsp3) is 0.450. The monoisotopic (exact) mass is 296 g/mol. The molecule has 116 valence electrons. The van der Waals surface area contributed by atoms with Crippen molar-refractivity contribution in [1.82, 2.24) is 0 Å². The molecule has 0 amide bonds. The molecule has 0 saturated heterocycles. The van der Waals surface area contributed by atoms with E-state index >= 15 is 0 Å². The molecule has 2 heteroatoms. The van der Waals surface area contributed by atoms with Gasteiger partial charge in [0.2, 0.25) is 0 Å². The molecule has 1 saturated carbocycles. The highest BCUT2D eigenvalue weighted by Gasteiger charge is 2.24. The first-order valence-electron chi connectivity index (χ1n) is 8.32. The minimum absolute atomic E-state index is 0.325. The van der Waals surface area contributed by atoms with E-state index in [1.807, 2.05) is 36.4 Å². The first-order chi connectivity index (χ1) is 10.7. The van der Waals surface area contributed by atoms with E-state index in [4.69, 9.17) is 4.74 Å².